The van der Waals surface area contributed by atoms with Crippen molar-refractivity contribution in [3.05, 3.63) is 6.42 Å². The SMILES string of the molecule is CC(C)(C)C1(C(C)(C)C)CC[CH]CC1. The Hall–Kier alpha value is 0. The van der Waals surface area contributed by atoms with Gasteiger partial charge in [-0.2, -0.15) is 0 Å². The van der Waals surface area contributed by atoms with Crippen molar-refractivity contribution < 1.29 is 0 Å². The lowest BCUT2D eigenvalue weighted by Gasteiger charge is -2.56. The molecule has 1 radical (unpaired) electrons. The maximum absolute atomic E-state index is 2.47. The predicted octanol–water partition coefficient (Wildman–Crippen LogP) is 4.84. The molecule has 1 aliphatic rings. The molecule has 0 unspecified atom stereocenters. The molecule has 0 aromatic carbocycles. The topological polar surface area (TPSA) is 0 Å². The van der Waals surface area contributed by atoms with E-state index in [-0.39, 0.29) is 0 Å². The Morgan fingerprint density at radius 3 is 1.36 bits per heavy atom. The van der Waals surface area contributed by atoms with Crippen LogP contribution in [0.2, 0.25) is 0 Å². The largest absolute Gasteiger partial charge is 0.0596 e. The third-order valence-corrected chi connectivity index (χ3v) is 4.42. The van der Waals surface area contributed by atoms with Gasteiger partial charge in [-0.3, -0.25) is 0 Å². The van der Waals surface area contributed by atoms with Crippen molar-refractivity contribution in [1.82, 2.24) is 0 Å². The zero-order valence-electron chi connectivity index (χ0n) is 10.9. The van der Waals surface area contributed by atoms with Gasteiger partial charge in [0.05, 0.1) is 0 Å². The third-order valence-electron chi connectivity index (χ3n) is 4.42. The lowest BCUT2D eigenvalue weighted by molar-refractivity contribution is -0.0565. The first-order chi connectivity index (χ1) is 6.21. The Morgan fingerprint density at radius 2 is 1.14 bits per heavy atom. The summed E-state index contributed by atoms with van der Waals surface area (Å²) in [6.07, 6.45) is 7.85. The Bertz CT molecular complexity index is 165. The first-order valence-corrected chi connectivity index (χ1v) is 6.02. The van der Waals surface area contributed by atoms with E-state index in [0.717, 1.165) is 0 Å². The van der Waals surface area contributed by atoms with Crippen LogP contribution < -0.4 is 0 Å². The normalized spacial score (nSPS) is 23.6. The molecule has 0 heteroatoms. The minimum absolute atomic E-state index is 0.430. The summed E-state index contributed by atoms with van der Waals surface area (Å²) in [4.78, 5) is 0. The summed E-state index contributed by atoms with van der Waals surface area (Å²) in [6.45, 7) is 14.5. The van der Waals surface area contributed by atoms with Gasteiger partial charge in [0.25, 0.3) is 0 Å². The standard InChI is InChI=1S/C14H27/c1-12(2,3)14(13(4,5)6)10-8-7-9-11-14/h7H,8-11H2,1-6H3. The minimum Gasteiger partial charge on any atom is -0.0596 e. The van der Waals surface area contributed by atoms with Crippen molar-refractivity contribution in [2.24, 2.45) is 16.2 Å². The average Bonchev–Trinajstić information content (AvgIpc) is 2.02. The van der Waals surface area contributed by atoms with Crippen molar-refractivity contribution in [2.75, 3.05) is 0 Å². The molecule has 1 rings (SSSR count). The molecule has 1 fully saturated rings. The average molecular weight is 195 g/mol. The summed E-state index contributed by atoms with van der Waals surface area (Å²) in [5.74, 6) is 0. The van der Waals surface area contributed by atoms with Crippen molar-refractivity contribution in [1.29, 1.82) is 0 Å². The van der Waals surface area contributed by atoms with Gasteiger partial charge in [-0.05, 0) is 48.3 Å². The fourth-order valence-electron chi connectivity index (χ4n) is 3.59. The molecular formula is C14H27. The van der Waals surface area contributed by atoms with Crippen molar-refractivity contribution in [3.8, 4) is 0 Å². The highest BCUT2D eigenvalue weighted by molar-refractivity contribution is 5.02. The molecule has 1 aliphatic carbocycles. The van der Waals surface area contributed by atoms with Gasteiger partial charge < -0.3 is 0 Å². The van der Waals surface area contributed by atoms with Gasteiger partial charge in [0, 0.05) is 0 Å². The van der Waals surface area contributed by atoms with E-state index in [1.165, 1.54) is 25.7 Å². The number of rotatable bonds is 0. The highest BCUT2D eigenvalue weighted by Gasteiger charge is 2.50. The van der Waals surface area contributed by atoms with E-state index < -0.39 is 0 Å². The molecule has 0 saturated heterocycles. The van der Waals surface area contributed by atoms with Gasteiger partial charge in [0.1, 0.15) is 0 Å². The van der Waals surface area contributed by atoms with Gasteiger partial charge in [-0.1, -0.05) is 41.5 Å². The van der Waals surface area contributed by atoms with Gasteiger partial charge >= 0.3 is 0 Å². The zero-order valence-corrected chi connectivity index (χ0v) is 10.9. The van der Waals surface area contributed by atoms with E-state index in [4.69, 9.17) is 0 Å². The van der Waals surface area contributed by atoms with Crippen LogP contribution in [0.1, 0.15) is 67.2 Å². The third kappa shape index (κ3) is 1.85. The summed E-state index contributed by atoms with van der Waals surface area (Å²) in [5, 5.41) is 0. The highest BCUT2D eigenvalue weighted by atomic mass is 14.5. The van der Waals surface area contributed by atoms with Crippen LogP contribution in [-0.2, 0) is 0 Å². The fourth-order valence-corrected chi connectivity index (χ4v) is 3.59. The van der Waals surface area contributed by atoms with Crippen LogP contribution in [0.5, 0.6) is 0 Å². The van der Waals surface area contributed by atoms with Crippen LogP contribution in [0.3, 0.4) is 0 Å². The first-order valence-electron chi connectivity index (χ1n) is 6.02. The Kier molecular flexibility index (Phi) is 3.05. The zero-order chi connectivity index (χ0) is 11.0. The van der Waals surface area contributed by atoms with Crippen LogP contribution in [0.25, 0.3) is 0 Å². The quantitative estimate of drug-likeness (QED) is 0.518. The van der Waals surface area contributed by atoms with Crippen molar-refractivity contribution in [3.63, 3.8) is 0 Å². The molecule has 1 saturated carbocycles. The summed E-state index contributed by atoms with van der Waals surface area (Å²) >= 11 is 0. The summed E-state index contributed by atoms with van der Waals surface area (Å²) in [5.41, 5.74) is 1.38. The van der Waals surface area contributed by atoms with E-state index in [1.807, 2.05) is 0 Å². The molecule has 0 aromatic rings. The van der Waals surface area contributed by atoms with Gasteiger partial charge in [0.15, 0.2) is 0 Å². The highest BCUT2D eigenvalue weighted by Crippen LogP contribution is 2.59. The lowest BCUT2D eigenvalue weighted by atomic mass is 9.49. The molecule has 0 amide bonds. The van der Waals surface area contributed by atoms with Gasteiger partial charge in [-0.15, -0.1) is 0 Å². The van der Waals surface area contributed by atoms with E-state index >= 15 is 0 Å². The molecule has 0 atom stereocenters. The van der Waals surface area contributed by atoms with Crippen LogP contribution >= 0.6 is 0 Å². The van der Waals surface area contributed by atoms with E-state index in [2.05, 4.69) is 48.0 Å². The molecule has 83 valence electrons. The van der Waals surface area contributed by atoms with Crippen molar-refractivity contribution in [2.45, 2.75) is 67.2 Å². The molecule has 0 aromatic heterocycles. The van der Waals surface area contributed by atoms with Gasteiger partial charge in [-0.25, -0.2) is 0 Å². The molecule has 0 spiro atoms. The smallest absolute Gasteiger partial charge is 0.0200 e. The van der Waals surface area contributed by atoms with Crippen LogP contribution in [0.15, 0.2) is 0 Å². The molecule has 0 nitrogen and oxygen atoms in total. The maximum Gasteiger partial charge on any atom is -0.0200 e. The van der Waals surface area contributed by atoms with E-state index in [9.17, 15) is 0 Å². The molecule has 0 bridgehead atoms. The first kappa shape index (κ1) is 12.1. The van der Waals surface area contributed by atoms with Crippen LogP contribution in [0.4, 0.5) is 0 Å². The Morgan fingerprint density at radius 1 is 0.786 bits per heavy atom. The second-order valence-corrected chi connectivity index (χ2v) is 6.95. The monoisotopic (exact) mass is 195 g/mol. The Labute approximate surface area is 90.5 Å². The molecule has 0 heterocycles. The molecule has 14 heavy (non-hydrogen) atoms. The van der Waals surface area contributed by atoms with Crippen LogP contribution in [0, 0.1) is 22.7 Å². The molecule has 0 N–H and O–H groups in total. The minimum atomic E-state index is 0.430. The summed E-state index contributed by atoms with van der Waals surface area (Å²) in [6, 6.07) is 0. The second-order valence-electron chi connectivity index (χ2n) is 6.95. The maximum atomic E-state index is 2.47. The van der Waals surface area contributed by atoms with Crippen molar-refractivity contribution >= 4 is 0 Å². The Balaban J connectivity index is 3.01. The number of hydrogen-bond acceptors (Lipinski definition) is 0. The summed E-state index contributed by atoms with van der Waals surface area (Å²) in [7, 11) is 0. The van der Waals surface area contributed by atoms with Crippen LogP contribution in [-0.4, -0.2) is 0 Å². The molecular weight excluding hydrogens is 168 g/mol. The molecule has 0 aliphatic heterocycles. The predicted molar refractivity (Wildman–Crippen MR) is 64.1 cm³/mol. The number of hydrogen-bond donors (Lipinski definition) is 0. The summed E-state index contributed by atoms with van der Waals surface area (Å²) < 4.78 is 0. The van der Waals surface area contributed by atoms with Gasteiger partial charge in [0.2, 0.25) is 0 Å². The lowest BCUT2D eigenvalue weighted by Crippen LogP contribution is -2.47. The second kappa shape index (κ2) is 3.54. The fraction of sp³-hybridized carbons (Fsp3) is 0.929. The van der Waals surface area contributed by atoms with E-state index in [1.54, 1.807) is 0 Å². The van der Waals surface area contributed by atoms with E-state index in [0.29, 0.717) is 16.2 Å².